The fourth-order valence-corrected chi connectivity index (χ4v) is 10.9. The maximum absolute atomic E-state index is 5.69. The van der Waals surface area contributed by atoms with Crippen molar-refractivity contribution in [2.75, 3.05) is 14.2 Å². The van der Waals surface area contributed by atoms with Crippen molar-refractivity contribution in [3.63, 3.8) is 0 Å². The topological polar surface area (TPSA) is 46.2 Å². The average molecular weight is 267 g/mol. The Morgan fingerprint density at radius 2 is 1.29 bits per heavy atom. The average Bonchev–Trinajstić information content (AvgIpc) is 2.12. The van der Waals surface area contributed by atoms with Gasteiger partial charge < -0.3 is 21.2 Å². The molecule has 1 aliphatic rings. The summed E-state index contributed by atoms with van der Waals surface area (Å²) < 4.78 is 27.1. The maximum Gasteiger partial charge on any atom is 0.558 e. The van der Waals surface area contributed by atoms with Crippen molar-refractivity contribution >= 4 is 37.1 Å². The van der Waals surface area contributed by atoms with Crippen molar-refractivity contribution in [2.24, 2.45) is 0 Å². The molecule has 0 aromatic rings. The number of rotatable bonds is 2. The second-order valence-corrected chi connectivity index (χ2v) is 11.3. The van der Waals surface area contributed by atoms with Crippen LogP contribution >= 0.6 is 0 Å². The molecule has 0 bridgehead atoms. The third kappa shape index (κ3) is 4.04. The molecule has 0 saturated carbocycles. The van der Waals surface area contributed by atoms with Crippen molar-refractivity contribution in [3.8, 4) is 0 Å². The van der Waals surface area contributed by atoms with E-state index in [-0.39, 0.29) is 0 Å². The lowest BCUT2D eigenvalue weighted by Gasteiger charge is -2.25. The Hall–Kier alpha value is 0.668. The summed E-state index contributed by atoms with van der Waals surface area (Å²) in [4.78, 5) is 0. The largest absolute Gasteiger partial charge is 0.558 e. The molecular weight excluding hydrogens is 252 g/mol. The van der Waals surface area contributed by atoms with Crippen molar-refractivity contribution in [1.29, 1.82) is 0 Å². The minimum Gasteiger partial charge on any atom is -0.413 e. The van der Waals surface area contributed by atoms with E-state index in [2.05, 4.69) is 13.1 Å². The van der Waals surface area contributed by atoms with Crippen molar-refractivity contribution in [2.45, 2.75) is 18.8 Å². The summed E-state index contributed by atoms with van der Waals surface area (Å²) in [5, 5.41) is 0. The Labute approximate surface area is 91.7 Å². The van der Waals surface area contributed by atoms with E-state index in [9.17, 15) is 0 Å². The highest BCUT2D eigenvalue weighted by Gasteiger charge is 2.35. The van der Waals surface area contributed by atoms with Crippen LogP contribution < -0.4 is 0 Å². The molecule has 0 aliphatic carbocycles. The molecule has 1 aliphatic heterocycles. The Morgan fingerprint density at radius 3 is 1.64 bits per heavy atom. The molecule has 14 heavy (non-hydrogen) atoms. The van der Waals surface area contributed by atoms with E-state index in [0.717, 1.165) is 5.67 Å². The predicted octanol–water partition coefficient (Wildman–Crippen LogP) is 0.0942. The highest BCUT2D eigenvalue weighted by Crippen LogP contribution is 2.10. The zero-order chi connectivity index (χ0) is 10.6. The lowest BCUT2D eigenvalue weighted by atomic mass is 11.8. The summed E-state index contributed by atoms with van der Waals surface area (Å²) in [6.45, 7) is 4.22. The molecule has 0 aromatic carbocycles. The summed E-state index contributed by atoms with van der Waals surface area (Å²) in [5.74, 6) is 0. The summed E-state index contributed by atoms with van der Waals surface area (Å²) in [7, 11) is -1.68. The predicted molar refractivity (Wildman–Crippen MR) is 56.8 cm³/mol. The van der Waals surface area contributed by atoms with Gasteiger partial charge in [-0.05, 0) is 18.8 Å². The minimum absolute atomic E-state index is 0.816. The second-order valence-electron chi connectivity index (χ2n) is 2.80. The molecule has 1 rings (SSSR count). The van der Waals surface area contributed by atoms with E-state index < -0.39 is 37.1 Å². The highest BCUT2D eigenvalue weighted by atomic mass is 28.5. The first kappa shape index (κ1) is 12.7. The Balaban J connectivity index is 2.52. The quantitative estimate of drug-likeness (QED) is 0.663. The zero-order valence-electron chi connectivity index (χ0n) is 8.75. The van der Waals surface area contributed by atoms with Gasteiger partial charge in [0.25, 0.3) is 0 Å². The minimum atomic E-state index is -1.62. The molecule has 5 nitrogen and oxygen atoms in total. The third-order valence-corrected chi connectivity index (χ3v) is 11.6. The molecule has 4 radical (unpaired) electrons. The van der Waals surface area contributed by atoms with Crippen LogP contribution in [0, 0.1) is 0 Å². The molecule has 0 unspecified atom stereocenters. The van der Waals surface area contributed by atoms with Gasteiger partial charge in [0, 0.05) is 14.2 Å². The molecule has 1 fully saturated rings. The van der Waals surface area contributed by atoms with Gasteiger partial charge in [-0.15, -0.1) is 0 Å². The van der Waals surface area contributed by atoms with Crippen LogP contribution in [-0.4, -0.2) is 51.4 Å². The van der Waals surface area contributed by atoms with Crippen LogP contribution in [0.2, 0.25) is 18.8 Å². The van der Waals surface area contributed by atoms with E-state index in [4.69, 9.17) is 21.2 Å². The molecule has 0 atom stereocenters. The van der Waals surface area contributed by atoms with E-state index in [1.807, 2.05) is 0 Å². The van der Waals surface area contributed by atoms with Gasteiger partial charge in [0.1, 0.15) is 0 Å². The van der Waals surface area contributed by atoms with Crippen LogP contribution in [0.3, 0.4) is 0 Å². The van der Waals surface area contributed by atoms with Crippen LogP contribution in [0.4, 0.5) is 0 Å². The number of hydrogen-bond acceptors (Lipinski definition) is 5. The van der Waals surface area contributed by atoms with Gasteiger partial charge in [-0.2, -0.15) is 0 Å². The van der Waals surface area contributed by atoms with Gasteiger partial charge in [0.15, 0.2) is 18.1 Å². The van der Waals surface area contributed by atoms with E-state index in [0.29, 0.717) is 0 Å². The van der Waals surface area contributed by atoms with Gasteiger partial charge in [-0.1, -0.05) is 0 Å². The summed E-state index contributed by atoms with van der Waals surface area (Å²) in [5.41, 5.74) is 1.04. The van der Waals surface area contributed by atoms with E-state index >= 15 is 0 Å². The molecule has 80 valence electrons. The van der Waals surface area contributed by atoms with Gasteiger partial charge in [-0.25, -0.2) is 0 Å². The van der Waals surface area contributed by atoms with Crippen molar-refractivity contribution < 1.29 is 21.2 Å². The van der Waals surface area contributed by atoms with Crippen LogP contribution in [0.5, 0.6) is 0 Å². The first-order valence-corrected chi connectivity index (χ1v) is 10.8. The molecule has 0 aromatic heterocycles. The van der Waals surface area contributed by atoms with Crippen LogP contribution in [-0.2, 0) is 21.2 Å². The molecular formula is C5H14O5Si4. The molecule has 0 N–H and O–H groups in total. The summed E-state index contributed by atoms with van der Waals surface area (Å²) in [6.07, 6.45) is 0. The summed E-state index contributed by atoms with van der Waals surface area (Å²) in [6, 6.07) is 0. The summed E-state index contributed by atoms with van der Waals surface area (Å²) >= 11 is 0. The normalized spacial score (nSPS) is 24.9. The Kier molecular flexibility index (Phi) is 5.73. The molecule has 0 spiro atoms. The van der Waals surface area contributed by atoms with Gasteiger partial charge in [0.05, 0.1) is 0 Å². The Bertz CT molecular complexity index is 156. The molecule has 1 saturated heterocycles. The van der Waals surface area contributed by atoms with Gasteiger partial charge in [0.2, 0.25) is 0 Å². The lowest BCUT2D eigenvalue weighted by Crippen LogP contribution is -2.46. The SMILES string of the molecule is CO[Si]1O[Si](C)C[Si](C)O[Si](OC)O1. The molecule has 9 heteroatoms. The first-order valence-electron chi connectivity index (χ1n) is 4.16. The second kappa shape index (κ2) is 6.29. The van der Waals surface area contributed by atoms with Crippen LogP contribution in [0.25, 0.3) is 0 Å². The Morgan fingerprint density at radius 1 is 0.857 bits per heavy atom. The third-order valence-electron chi connectivity index (χ3n) is 1.51. The fourth-order valence-electron chi connectivity index (χ4n) is 0.984. The monoisotopic (exact) mass is 266 g/mol. The first-order chi connectivity index (χ1) is 6.65. The number of hydrogen-bond donors (Lipinski definition) is 0. The van der Waals surface area contributed by atoms with E-state index in [1.54, 1.807) is 14.2 Å². The van der Waals surface area contributed by atoms with Crippen molar-refractivity contribution in [3.05, 3.63) is 0 Å². The van der Waals surface area contributed by atoms with Crippen LogP contribution in [0.15, 0.2) is 0 Å². The van der Waals surface area contributed by atoms with E-state index in [1.165, 1.54) is 0 Å². The lowest BCUT2D eigenvalue weighted by molar-refractivity contribution is 0.177. The smallest absolute Gasteiger partial charge is 0.413 e. The van der Waals surface area contributed by atoms with Gasteiger partial charge >= 0.3 is 19.1 Å². The molecule has 0 amide bonds. The van der Waals surface area contributed by atoms with Crippen molar-refractivity contribution in [1.82, 2.24) is 0 Å². The highest BCUT2D eigenvalue weighted by molar-refractivity contribution is 6.77. The molecule has 1 heterocycles. The van der Waals surface area contributed by atoms with Gasteiger partial charge in [-0.3, -0.25) is 0 Å². The fraction of sp³-hybridized carbons (Fsp3) is 1.00. The standard InChI is InChI=1S/C5H14O5Si4/c1-6-13-8-11(3)5-12(4)9-14(7-2)10-13/h5H2,1-4H3. The zero-order valence-corrected chi connectivity index (χ0v) is 12.7. The van der Waals surface area contributed by atoms with Crippen LogP contribution in [0.1, 0.15) is 0 Å². The maximum atomic E-state index is 5.69.